The van der Waals surface area contributed by atoms with Crippen LogP contribution in [-0.2, 0) is 24.8 Å². The van der Waals surface area contributed by atoms with Crippen LogP contribution >= 0.6 is 0 Å². The van der Waals surface area contributed by atoms with Crippen LogP contribution in [0, 0.1) is 0 Å². The summed E-state index contributed by atoms with van der Waals surface area (Å²) in [4.78, 5) is 11.1. The lowest BCUT2D eigenvalue weighted by Crippen LogP contribution is -2.68. The van der Waals surface area contributed by atoms with Gasteiger partial charge in [-0.2, -0.15) is 87.6 Å². The number of likely N-dealkylation sites (N-methyl/N-ethyl adjacent to an activating group) is 2. The fourth-order valence-electron chi connectivity index (χ4n) is 2.27. The molecule has 254 valence electrons. The summed E-state index contributed by atoms with van der Waals surface area (Å²) in [5.74, 6) is -35.2. The molecule has 0 aromatic heterocycles. The minimum absolute atomic E-state index is 0. The van der Waals surface area contributed by atoms with Gasteiger partial charge in [-0.05, 0) is 0 Å². The first kappa shape index (κ1) is 42.1. The van der Waals surface area contributed by atoms with E-state index in [1.165, 1.54) is 0 Å². The molecule has 0 aromatic rings. The Morgan fingerprint density at radius 3 is 1.10 bits per heavy atom. The Kier molecular flexibility index (Phi) is 11.2. The molecule has 0 bridgehead atoms. The lowest BCUT2D eigenvalue weighted by atomic mass is 10.1. The van der Waals surface area contributed by atoms with Crippen LogP contribution in [0.5, 0.6) is 0 Å². The monoisotopic (exact) mass is 713 g/mol. The summed E-state index contributed by atoms with van der Waals surface area (Å²) < 4.78 is 278. The molecule has 0 fully saturated rings. The van der Waals surface area contributed by atoms with Gasteiger partial charge in [0, 0.05) is 20.6 Å². The van der Waals surface area contributed by atoms with Gasteiger partial charge < -0.3 is 16.1 Å². The van der Waals surface area contributed by atoms with E-state index < -0.39 is 108 Å². The number of alkyl halides is 18. The van der Waals surface area contributed by atoms with Crippen LogP contribution in [0.3, 0.4) is 0 Å². The highest BCUT2D eigenvalue weighted by atomic mass is 32.2. The van der Waals surface area contributed by atoms with Crippen molar-refractivity contribution in [2.45, 2.75) is 52.6 Å². The third-order valence-corrected chi connectivity index (χ3v) is 8.60. The Hall–Kier alpha value is -2.01. The largest absolute Gasteiger partial charge is 0.548 e. The third kappa shape index (κ3) is 5.88. The number of hydrogen-bond donors (Lipinski definition) is 1. The van der Waals surface area contributed by atoms with E-state index in [1.807, 2.05) is 0 Å². The Morgan fingerprint density at radius 1 is 0.595 bits per heavy atom. The molecule has 0 aliphatic heterocycles. The normalized spacial score (nSPS) is 16.4. The second-order valence-electron chi connectivity index (χ2n) is 7.47. The maximum absolute atomic E-state index is 13.9. The van der Waals surface area contributed by atoms with Gasteiger partial charge in [0.2, 0.25) is 0 Å². The van der Waals surface area contributed by atoms with Crippen LogP contribution in [0.1, 0.15) is 0 Å². The van der Waals surface area contributed by atoms with Gasteiger partial charge in [-0.1, -0.05) is 0 Å². The van der Waals surface area contributed by atoms with Crippen molar-refractivity contribution >= 4 is 26.0 Å². The minimum Gasteiger partial charge on any atom is -0.548 e. The molecule has 0 spiro atoms. The van der Waals surface area contributed by atoms with Crippen molar-refractivity contribution in [3.63, 3.8) is 0 Å². The van der Waals surface area contributed by atoms with E-state index in [-0.39, 0.29) is 6.15 Å². The van der Waals surface area contributed by atoms with Gasteiger partial charge in [-0.3, -0.25) is 0 Å². The van der Waals surface area contributed by atoms with Crippen LogP contribution in [0.4, 0.5) is 79.0 Å². The van der Waals surface area contributed by atoms with Crippen LogP contribution < -0.4 is 11.3 Å². The van der Waals surface area contributed by atoms with Gasteiger partial charge in [-0.15, -0.1) is 0 Å². The second-order valence-corrected chi connectivity index (χ2v) is 11.6. The average molecular weight is 713 g/mol. The van der Waals surface area contributed by atoms with Crippen molar-refractivity contribution in [1.29, 1.82) is 0 Å². The molecule has 4 N–H and O–H groups in total. The summed E-state index contributed by atoms with van der Waals surface area (Å²) in [6, 6.07) is -4.06. The summed E-state index contributed by atoms with van der Waals surface area (Å²) in [6.45, 7) is -2.92. The Labute approximate surface area is 220 Å². The van der Waals surface area contributed by atoms with E-state index in [2.05, 4.69) is 0 Å². The zero-order chi connectivity index (χ0) is 34.0. The number of halogens is 18. The molecule has 0 amide bonds. The van der Waals surface area contributed by atoms with Gasteiger partial charge >= 0.3 is 46.6 Å². The molecule has 0 rings (SSSR count). The lowest BCUT2D eigenvalue weighted by Gasteiger charge is -2.38. The molecule has 1 atom stereocenters. The highest BCUT2D eigenvalue weighted by Crippen LogP contribution is 2.56. The number of rotatable bonds is 12. The molecule has 29 heteroatoms. The number of quaternary nitrogens is 1. The maximum atomic E-state index is 13.9. The second kappa shape index (κ2) is 11.2. The fraction of sp³-hybridized carbons (Fsp3) is 0.923. The zero-order valence-electron chi connectivity index (χ0n) is 19.7. The number of carboxylic acid groups (broad SMARTS) is 1. The summed E-state index contributed by atoms with van der Waals surface area (Å²) in [7, 11) is -17.1. The van der Waals surface area contributed by atoms with E-state index >= 15 is 0 Å². The predicted molar refractivity (Wildman–Crippen MR) is 94.8 cm³/mol. The van der Waals surface area contributed by atoms with E-state index in [0.717, 1.165) is 0 Å². The van der Waals surface area contributed by atoms with E-state index in [0.29, 0.717) is 0 Å². The highest BCUT2D eigenvalue weighted by molar-refractivity contribution is 7.90. The molecule has 0 aromatic carbocycles. The first-order chi connectivity index (χ1) is 17.4. The first-order valence-electron chi connectivity index (χ1n) is 8.92. The smallest absolute Gasteiger partial charge is 0.460 e. The molecular weight excluding hydrogens is 700 g/mol. The maximum Gasteiger partial charge on any atom is 0.460 e. The molecule has 42 heavy (non-hydrogen) atoms. The summed E-state index contributed by atoms with van der Waals surface area (Å²) >= 11 is 0. The Balaban J connectivity index is 0. The number of sulfonamides is 2. The van der Waals surface area contributed by atoms with Gasteiger partial charge in [0.25, 0.3) is 20.0 Å². The molecular formula is C13H13F18N3O6S2. The molecule has 9 nitrogen and oxygen atoms in total. The van der Waals surface area contributed by atoms with Gasteiger partial charge in [0.1, 0.15) is 0 Å². The van der Waals surface area contributed by atoms with Crippen LogP contribution in [0.15, 0.2) is 0 Å². The topological polar surface area (TPSA) is 151 Å². The number of carboxylic acids is 1. The van der Waals surface area contributed by atoms with Crippen LogP contribution in [0.25, 0.3) is 0 Å². The fourth-order valence-corrected chi connectivity index (χ4v) is 4.75. The van der Waals surface area contributed by atoms with Gasteiger partial charge in [0.05, 0.1) is 12.0 Å². The minimum atomic E-state index is -8.03. The zero-order valence-corrected chi connectivity index (χ0v) is 21.4. The Morgan fingerprint density at radius 2 is 0.857 bits per heavy atom. The van der Waals surface area contributed by atoms with Crippen molar-refractivity contribution in [2.24, 2.45) is 0 Å². The van der Waals surface area contributed by atoms with Gasteiger partial charge in [0.15, 0.2) is 0 Å². The number of carbonyl (C=O) groups excluding carboxylic acids is 1. The Bertz CT molecular complexity index is 1210. The molecule has 0 heterocycles. The van der Waals surface area contributed by atoms with Crippen LogP contribution in [0.2, 0.25) is 0 Å². The van der Waals surface area contributed by atoms with Gasteiger partial charge in [-0.25, -0.2) is 16.8 Å². The van der Waals surface area contributed by atoms with Crippen molar-refractivity contribution in [3.8, 4) is 0 Å². The van der Waals surface area contributed by atoms with E-state index in [4.69, 9.17) is 0 Å². The highest BCUT2D eigenvalue weighted by Gasteiger charge is 2.87. The summed E-state index contributed by atoms with van der Waals surface area (Å²) in [5.41, 5.74) is 0. The molecule has 0 aliphatic rings. The molecule has 0 saturated heterocycles. The lowest BCUT2D eigenvalue weighted by molar-refractivity contribution is -0.382. The number of nitrogens with zero attached hydrogens (tertiary/aromatic N) is 2. The predicted octanol–water partition coefficient (Wildman–Crippen LogP) is 2.86. The summed E-state index contributed by atoms with van der Waals surface area (Å²) in [6.07, 6.45) is -15.2. The van der Waals surface area contributed by atoms with Crippen LogP contribution in [-0.4, -0.2) is 105 Å². The third-order valence-electron chi connectivity index (χ3n) is 4.81. The SMILES string of the molecule is CN(CC(C(=O)[O-])N(C)S(=O)(=O)C(F)(F)C(F)(F)C(F)(F)C(F)(F)F)S(=O)(=O)C(F)(F)C(F)(F)C(F)(F)C(F)(F)F.[NH4+]. The summed E-state index contributed by atoms with van der Waals surface area (Å²) in [5, 5.41) is -4.23. The number of hydrogen-bond acceptors (Lipinski definition) is 6. The van der Waals surface area contributed by atoms with E-state index in [1.54, 1.807) is 0 Å². The molecule has 0 aliphatic carbocycles. The standard InChI is InChI=1S/C13H10F18N2O6S2.H3N/c1-32(40(36,37)12(28,29)8(18,19)6(14,15)10(22,23)24)3-4(5(34)35)33(2)41(38,39)13(30,31)9(20,21)7(16,17)11(25,26)27;/h4H,3H2,1-2H3,(H,34,35);1H3. The van der Waals surface area contributed by atoms with E-state index in [9.17, 15) is 106 Å². The molecule has 1 unspecified atom stereocenters. The number of carbonyl (C=O) groups is 1. The quantitative estimate of drug-likeness (QED) is 0.308. The van der Waals surface area contributed by atoms with Crippen molar-refractivity contribution in [3.05, 3.63) is 0 Å². The van der Waals surface area contributed by atoms with Crippen molar-refractivity contribution in [2.75, 3.05) is 20.6 Å². The molecule has 0 saturated carbocycles. The number of aliphatic carboxylic acids is 1. The molecule has 0 radical (unpaired) electrons. The average Bonchev–Trinajstić information content (AvgIpc) is 2.73. The van der Waals surface area contributed by atoms with Crippen molar-refractivity contribution in [1.82, 2.24) is 14.8 Å². The first-order valence-corrected chi connectivity index (χ1v) is 11.8. The van der Waals surface area contributed by atoms with Crippen molar-refractivity contribution < 1.29 is 106 Å².